The lowest BCUT2D eigenvalue weighted by atomic mass is 9.49. The van der Waals surface area contributed by atoms with Gasteiger partial charge in [-0.25, -0.2) is 4.79 Å². The molecule has 0 saturated heterocycles. The smallest absolute Gasteiger partial charge is 0.331 e. The molecule has 0 spiro atoms. The Labute approximate surface area is 276 Å². The summed E-state index contributed by atoms with van der Waals surface area (Å²) in [6.07, 6.45) is -0.715. The summed E-state index contributed by atoms with van der Waals surface area (Å²) in [5, 5.41) is 0. The maximum atomic E-state index is 13.1. The van der Waals surface area contributed by atoms with Crippen LogP contribution in [-0.2, 0) is 47.7 Å². The summed E-state index contributed by atoms with van der Waals surface area (Å²) in [5.74, 6) is -3.57. The second-order valence-corrected chi connectivity index (χ2v) is 13.6. The van der Waals surface area contributed by atoms with Crippen molar-refractivity contribution in [2.24, 2.45) is 22.7 Å². The van der Waals surface area contributed by atoms with Gasteiger partial charge in [-0.3, -0.25) is 19.2 Å². The number of esters is 5. The molecule has 0 aromatic heterocycles. The highest BCUT2D eigenvalue weighted by Gasteiger charge is 2.64. The van der Waals surface area contributed by atoms with Gasteiger partial charge in [-0.05, 0) is 65.4 Å². The van der Waals surface area contributed by atoms with E-state index >= 15 is 0 Å². The number of carbonyl (C=O) groups is 5. The quantitative estimate of drug-likeness (QED) is 0.157. The van der Waals surface area contributed by atoms with Gasteiger partial charge in [0.1, 0.15) is 18.3 Å². The van der Waals surface area contributed by atoms with Crippen LogP contribution in [0.25, 0.3) is 6.08 Å². The monoisotopic (exact) mass is 650 g/mol. The van der Waals surface area contributed by atoms with E-state index < -0.39 is 77.1 Å². The average Bonchev–Trinajstić information content (AvgIpc) is 2.96. The third-order valence-electron chi connectivity index (χ3n) is 10.2. The zero-order valence-electron chi connectivity index (χ0n) is 28.5. The lowest BCUT2D eigenvalue weighted by Gasteiger charge is -2.59. The number of fused-ring (bicyclic) bond motifs is 3. The van der Waals surface area contributed by atoms with Crippen molar-refractivity contribution in [2.75, 3.05) is 0 Å². The Bertz CT molecular complexity index is 1490. The molecule has 0 radical (unpaired) electrons. The summed E-state index contributed by atoms with van der Waals surface area (Å²) >= 11 is 0. The normalized spacial score (nSPS) is 31.5. The van der Waals surface area contributed by atoms with E-state index in [1.807, 2.05) is 58.0 Å². The number of hydrogen-bond donors (Lipinski definition) is 0. The summed E-state index contributed by atoms with van der Waals surface area (Å²) < 4.78 is 29.9. The molecule has 2 saturated carbocycles. The van der Waals surface area contributed by atoms with Crippen molar-refractivity contribution >= 4 is 35.9 Å². The number of rotatable bonds is 7. The number of ether oxygens (including phenoxy) is 5. The van der Waals surface area contributed by atoms with Crippen LogP contribution in [0, 0.1) is 22.7 Å². The molecule has 1 aromatic rings. The molecule has 2 bridgehead atoms. The van der Waals surface area contributed by atoms with E-state index in [2.05, 4.69) is 6.58 Å². The van der Waals surface area contributed by atoms with E-state index in [4.69, 9.17) is 23.7 Å². The number of benzene rings is 1. The molecular formula is C37H46O10. The van der Waals surface area contributed by atoms with Gasteiger partial charge < -0.3 is 23.7 Å². The van der Waals surface area contributed by atoms with E-state index in [-0.39, 0.29) is 12.3 Å². The first-order valence-corrected chi connectivity index (χ1v) is 16.0. The highest BCUT2D eigenvalue weighted by Crippen LogP contribution is 2.61. The highest BCUT2D eigenvalue weighted by atomic mass is 16.6. The van der Waals surface area contributed by atoms with Gasteiger partial charge in [0.05, 0.1) is 5.41 Å². The molecule has 4 rings (SSSR count). The van der Waals surface area contributed by atoms with Gasteiger partial charge in [-0.1, -0.05) is 57.7 Å². The number of hydrogen-bond acceptors (Lipinski definition) is 10. The van der Waals surface area contributed by atoms with Crippen LogP contribution in [0.2, 0.25) is 0 Å². The van der Waals surface area contributed by atoms with Crippen LogP contribution in [-0.4, -0.2) is 60.4 Å². The first kappa shape index (κ1) is 35.6. The molecule has 10 nitrogen and oxygen atoms in total. The highest BCUT2D eigenvalue weighted by molar-refractivity contribution is 5.87. The Morgan fingerprint density at radius 1 is 0.766 bits per heavy atom. The molecule has 47 heavy (non-hydrogen) atoms. The van der Waals surface area contributed by atoms with Gasteiger partial charge in [0.15, 0.2) is 12.2 Å². The average molecular weight is 651 g/mol. The van der Waals surface area contributed by atoms with Gasteiger partial charge in [0.2, 0.25) is 0 Å². The van der Waals surface area contributed by atoms with E-state index in [1.165, 1.54) is 33.8 Å². The molecule has 1 aromatic carbocycles. The van der Waals surface area contributed by atoms with Crippen LogP contribution in [0.3, 0.4) is 0 Å². The van der Waals surface area contributed by atoms with Gasteiger partial charge in [0, 0.05) is 40.2 Å². The Balaban J connectivity index is 1.89. The molecule has 0 unspecified atom stereocenters. The van der Waals surface area contributed by atoms with Gasteiger partial charge >= 0.3 is 29.8 Å². The fourth-order valence-corrected chi connectivity index (χ4v) is 8.02. The Morgan fingerprint density at radius 2 is 1.36 bits per heavy atom. The SMILES string of the molecule is C=C1[C@@H](OC(=O)C=Cc2ccccc2)C[C@H](OC(C)=O)[C@]2(C)[C@@H]1C[C@@H]1C[C@H](OC(C)=O)C(C)=C([C@@H](OC(C)=O)[C@@H]2OC(C)=O)C1(C)C. The summed E-state index contributed by atoms with van der Waals surface area (Å²) in [7, 11) is 0. The maximum absolute atomic E-state index is 13.1. The van der Waals surface area contributed by atoms with Crippen LogP contribution in [0.1, 0.15) is 80.2 Å². The van der Waals surface area contributed by atoms with E-state index in [0.29, 0.717) is 29.6 Å². The minimum absolute atomic E-state index is 0.0447. The maximum Gasteiger partial charge on any atom is 0.331 e. The molecule has 254 valence electrons. The summed E-state index contributed by atoms with van der Waals surface area (Å²) in [6.45, 7) is 17.4. The molecule has 0 heterocycles. The molecule has 2 fully saturated rings. The molecule has 10 heteroatoms. The summed E-state index contributed by atoms with van der Waals surface area (Å²) in [5.41, 5.74) is 0.978. The molecule has 8 atom stereocenters. The third-order valence-corrected chi connectivity index (χ3v) is 10.2. The molecule has 3 aliphatic rings. The lowest BCUT2D eigenvalue weighted by molar-refractivity contribution is -0.212. The van der Waals surface area contributed by atoms with E-state index in [1.54, 1.807) is 6.08 Å². The summed E-state index contributed by atoms with van der Waals surface area (Å²) in [6, 6.07) is 9.30. The molecule has 0 amide bonds. The van der Waals surface area contributed by atoms with Crippen LogP contribution in [0.5, 0.6) is 0 Å². The van der Waals surface area contributed by atoms with E-state index in [9.17, 15) is 24.0 Å². The van der Waals surface area contributed by atoms with Crippen molar-refractivity contribution in [3.05, 3.63) is 65.3 Å². The predicted octanol–water partition coefficient (Wildman–Crippen LogP) is 5.69. The van der Waals surface area contributed by atoms with Crippen molar-refractivity contribution in [2.45, 2.75) is 105 Å². The molecule has 3 aliphatic carbocycles. The largest absolute Gasteiger partial charge is 0.462 e. The third kappa shape index (κ3) is 7.36. The van der Waals surface area contributed by atoms with Crippen molar-refractivity contribution in [3.8, 4) is 0 Å². The topological polar surface area (TPSA) is 132 Å². The standard InChI is InChI=1S/C37H46O10/c1-20-28-17-27-18-29(43-22(3)38)21(2)33(36(27,7)8)34(45-24(5)40)35(46-25(6)41)37(28,9)31(44-23(4)39)19-30(20)47-32(42)16-15-26-13-11-10-12-14-26/h10-16,27-31,34-35H,1,17-19H2,2-9H3/t27-,28-,29+,30+,31+,34-,35+,37+/m1/s1. The van der Waals surface area contributed by atoms with Crippen molar-refractivity contribution < 1.29 is 47.7 Å². The fraction of sp³-hybridized carbons (Fsp3) is 0.541. The first-order valence-electron chi connectivity index (χ1n) is 16.0. The van der Waals surface area contributed by atoms with E-state index in [0.717, 1.165) is 5.56 Å². The van der Waals surface area contributed by atoms with Gasteiger partial charge in [-0.15, -0.1) is 0 Å². The minimum Gasteiger partial charge on any atom is -0.462 e. The Morgan fingerprint density at radius 3 is 1.94 bits per heavy atom. The van der Waals surface area contributed by atoms with Gasteiger partial charge in [-0.2, -0.15) is 0 Å². The van der Waals surface area contributed by atoms with Crippen LogP contribution in [0.15, 0.2) is 59.7 Å². The summed E-state index contributed by atoms with van der Waals surface area (Å²) in [4.78, 5) is 63.6. The second kappa shape index (κ2) is 13.9. The zero-order chi connectivity index (χ0) is 34.8. The second-order valence-electron chi connectivity index (χ2n) is 13.6. The lowest BCUT2D eigenvalue weighted by Crippen LogP contribution is -2.64. The van der Waals surface area contributed by atoms with Crippen LogP contribution in [0.4, 0.5) is 0 Å². The first-order chi connectivity index (χ1) is 22.0. The van der Waals surface area contributed by atoms with Gasteiger partial charge in [0.25, 0.3) is 0 Å². The predicted molar refractivity (Wildman–Crippen MR) is 172 cm³/mol. The van der Waals surface area contributed by atoms with Crippen LogP contribution < -0.4 is 0 Å². The van der Waals surface area contributed by atoms with Crippen molar-refractivity contribution in [3.63, 3.8) is 0 Å². The minimum atomic E-state index is -1.17. The van der Waals surface area contributed by atoms with Crippen molar-refractivity contribution in [1.29, 1.82) is 0 Å². The van der Waals surface area contributed by atoms with Crippen LogP contribution >= 0.6 is 0 Å². The molecule has 0 aliphatic heterocycles. The molecular weight excluding hydrogens is 604 g/mol. The Kier molecular flexibility index (Phi) is 10.5. The zero-order valence-corrected chi connectivity index (χ0v) is 28.5. The fourth-order valence-electron chi connectivity index (χ4n) is 8.02. The number of carbonyl (C=O) groups excluding carboxylic acids is 5. The van der Waals surface area contributed by atoms with Crippen molar-refractivity contribution in [1.82, 2.24) is 0 Å². The Hall–Kier alpha value is -4.21. The molecule has 0 N–H and O–H groups in total.